The average Bonchev–Trinajstić information content (AvgIpc) is 3.05. The number of rotatable bonds is 8. The molecule has 4 heteroatoms. The van der Waals surface area contributed by atoms with Gasteiger partial charge in [0.1, 0.15) is 5.58 Å². The maximum Gasteiger partial charge on any atom is 0.306 e. The highest BCUT2D eigenvalue weighted by Gasteiger charge is 2.22. The Morgan fingerprint density at radius 2 is 1.73 bits per heavy atom. The van der Waals surface area contributed by atoms with Crippen LogP contribution in [0.5, 0.6) is 0 Å². The number of furan rings is 1. The molecule has 0 aliphatic rings. The van der Waals surface area contributed by atoms with Crippen molar-refractivity contribution in [2.24, 2.45) is 0 Å². The molecular formula is C22H22O4. The van der Waals surface area contributed by atoms with E-state index in [2.05, 4.69) is 0 Å². The summed E-state index contributed by atoms with van der Waals surface area (Å²) >= 11 is 0. The van der Waals surface area contributed by atoms with E-state index in [1.165, 1.54) is 0 Å². The number of para-hydroxylation sites is 1. The first kappa shape index (κ1) is 17.9. The zero-order valence-electron chi connectivity index (χ0n) is 14.9. The fourth-order valence-corrected chi connectivity index (χ4v) is 2.88. The monoisotopic (exact) mass is 350 g/mol. The van der Waals surface area contributed by atoms with Gasteiger partial charge in [0, 0.05) is 22.9 Å². The van der Waals surface area contributed by atoms with E-state index >= 15 is 0 Å². The second-order valence-electron chi connectivity index (χ2n) is 6.18. The van der Waals surface area contributed by atoms with Gasteiger partial charge in [-0.25, -0.2) is 0 Å². The van der Waals surface area contributed by atoms with Crippen LogP contribution in [-0.4, -0.2) is 18.4 Å². The van der Waals surface area contributed by atoms with Gasteiger partial charge < -0.3 is 9.15 Å². The number of carbonyl (C=O) groups excluding carboxylic acids is 2. The summed E-state index contributed by atoms with van der Waals surface area (Å²) in [6.45, 7) is 2.49. The van der Waals surface area contributed by atoms with E-state index in [-0.39, 0.29) is 18.2 Å². The summed E-state index contributed by atoms with van der Waals surface area (Å²) in [7, 11) is 0. The number of carbonyl (C=O) groups is 2. The highest BCUT2D eigenvalue weighted by atomic mass is 16.5. The van der Waals surface area contributed by atoms with Crippen LogP contribution < -0.4 is 0 Å². The SMILES string of the molecule is CCCCOC(=O)CCc1c(C(=O)c2ccccc2)oc2ccccc12. The van der Waals surface area contributed by atoms with E-state index in [1.807, 2.05) is 49.4 Å². The van der Waals surface area contributed by atoms with Crippen LogP contribution in [0.2, 0.25) is 0 Å². The van der Waals surface area contributed by atoms with Crippen molar-refractivity contribution in [1.29, 1.82) is 0 Å². The molecule has 0 radical (unpaired) electrons. The first-order valence-corrected chi connectivity index (χ1v) is 8.96. The van der Waals surface area contributed by atoms with Gasteiger partial charge in [0.2, 0.25) is 5.78 Å². The quantitative estimate of drug-likeness (QED) is 0.328. The molecule has 0 unspecified atom stereocenters. The minimum atomic E-state index is -0.248. The van der Waals surface area contributed by atoms with Crippen molar-refractivity contribution in [3.05, 3.63) is 71.5 Å². The van der Waals surface area contributed by atoms with Crippen molar-refractivity contribution in [2.45, 2.75) is 32.6 Å². The Morgan fingerprint density at radius 1 is 1.00 bits per heavy atom. The summed E-state index contributed by atoms with van der Waals surface area (Å²) in [4.78, 5) is 24.8. The van der Waals surface area contributed by atoms with Crippen molar-refractivity contribution < 1.29 is 18.7 Å². The molecule has 0 amide bonds. The van der Waals surface area contributed by atoms with Crippen LogP contribution in [0.15, 0.2) is 59.0 Å². The van der Waals surface area contributed by atoms with Crippen LogP contribution >= 0.6 is 0 Å². The molecule has 0 aliphatic carbocycles. The van der Waals surface area contributed by atoms with Crippen molar-refractivity contribution in [3.8, 4) is 0 Å². The van der Waals surface area contributed by atoms with Gasteiger partial charge in [-0.05, 0) is 18.9 Å². The van der Waals surface area contributed by atoms with E-state index < -0.39 is 0 Å². The van der Waals surface area contributed by atoms with Crippen molar-refractivity contribution in [1.82, 2.24) is 0 Å². The smallest absolute Gasteiger partial charge is 0.306 e. The first-order chi connectivity index (χ1) is 12.7. The number of ether oxygens (including phenoxy) is 1. The first-order valence-electron chi connectivity index (χ1n) is 8.96. The minimum absolute atomic E-state index is 0.170. The number of hydrogen-bond acceptors (Lipinski definition) is 4. The molecule has 26 heavy (non-hydrogen) atoms. The average molecular weight is 350 g/mol. The molecule has 1 aromatic heterocycles. The number of benzene rings is 2. The molecule has 3 aromatic rings. The second-order valence-corrected chi connectivity index (χ2v) is 6.18. The molecule has 0 aliphatic heterocycles. The highest BCUT2D eigenvalue weighted by molar-refractivity contribution is 6.10. The van der Waals surface area contributed by atoms with Crippen LogP contribution in [0.3, 0.4) is 0 Å². The van der Waals surface area contributed by atoms with E-state index in [1.54, 1.807) is 12.1 Å². The predicted molar refractivity (Wildman–Crippen MR) is 100 cm³/mol. The van der Waals surface area contributed by atoms with Crippen LogP contribution in [0.4, 0.5) is 0 Å². The van der Waals surface area contributed by atoms with Crippen LogP contribution in [-0.2, 0) is 16.0 Å². The van der Waals surface area contributed by atoms with E-state index in [4.69, 9.17) is 9.15 Å². The number of ketones is 1. The lowest BCUT2D eigenvalue weighted by molar-refractivity contribution is -0.143. The van der Waals surface area contributed by atoms with Gasteiger partial charge in [0.25, 0.3) is 0 Å². The molecule has 134 valence electrons. The lowest BCUT2D eigenvalue weighted by atomic mass is 10.0. The number of fused-ring (bicyclic) bond motifs is 1. The Labute approximate surface area is 152 Å². The predicted octanol–water partition coefficient (Wildman–Crippen LogP) is 4.94. The van der Waals surface area contributed by atoms with E-state index in [0.717, 1.165) is 23.8 Å². The normalized spacial score (nSPS) is 10.8. The summed E-state index contributed by atoms with van der Waals surface area (Å²) < 4.78 is 11.1. The second kappa shape index (κ2) is 8.48. The number of esters is 1. The Balaban J connectivity index is 1.86. The number of hydrogen-bond donors (Lipinski definition) is 0. The third-order valence-electron chi connectivity index (χ3n) is 4.28. The number of unbranched alkanes of at least 4 members (excludes halogenated alkanes) is 1. The molecule has 1 heterocycles. The van der Waals surface area contributed by atoms with Gasteiger partial charge in [-0.15, -0.1) is 0 Å². The van der Waals surface area contributed by atoms with Crippen LogP contribution in [0.25, 0.3) is 11.0 Å². The Bertz CT molecular complexity index is 893. The third-order valence-corrected chi connectivity index (χ3v) is 4.28. The maximum absolute atomic E-state index is 12.9. The fourth-order valence-electron chi connectivity index (χ4n) is 2.88. The molecule has 0 spiro atoms. The van der Waals surface area contributed by atoms with Gasteiger partial charge in [-0.1, -0.05) is 61.9 Å². The van der Waals surface area contributed by atoms with E-state index in [9.17, 15) is 9.59 Å². The van der Waals surface area contributed by atoms with Crippen molar-refractivity contribution in [3.63, 3.8) is 0 Å². The van der Waals surface area contributed by atoms with Crippen molar-refractivity contribution >= 4 is 22.7 Å². The van der Waals surface area contributed by atoms with Gasteiger partial charge >= 0.3 is 5.97 Å². The molecule has 4 nitrogen and oxygen atoms in total. The van der Waals surface area contributed by atoms with Crippen LogP contribution in [0.1, 0.15) is 47.9 Å². The molecule has 3 rings (SSSR count). The lowest BCUT2D eigenvalue weighted by Crippen LogP contribution is -2.09. The third kappa shape index (κ3) is 4.02. The molecule has 0 N–H and O–H groups in total. The highest BCUT2D eigenvalue weighted by Crippen LogP contribution is 2.29. The summed E-state index contributed by atoms with van der Waals surface area (Å²) in [5.74, 6) is -0.114. The van der Waals surface area contributed by atoms with Gasteiger partial charge in [0.05, 0.1) is 6.61 Å². The molecule has 2 aromatic carbocycles. The van der Waals surface area contributed by atoms with Gasteiger partial charge in [-0.2, -0.15) is 0 Å². The van der Waals surface area contributed by atoms with E-state index in [0.29, 0.717) is 29.9 Å². The summed E-state index contributed by atoms with van der Waals surface area (Å²) in [6, 6.07) is 16.5. The summed E-state index contributed by atoms with van der Waals surface area (Å²) in [5.41, 5.74) is 1.99. The minimum Gasteiger partial charge on any atom is -0.466 e. The van der Waals surface area contributed by atoms with Crippen molar-refractivity contribution in [2.75, 3.05) is 6.61 Å². The zero-order valence-corrected chi connectivity index (χ0v) is 14.9. The molecular weight excluding hydrogens is 328 g/mol. The number of aryl methyl sites for hydroxylation is 1. The Morgan fingerprint density at radius 3 is 2.50 bits per heavy atom. The van der Waals surface area contributed by atoms with Gasteiger partial charge in [-0.3, -0.25) is 9.59 Å². The maximum atomic E-state index is 12.9. The zero-order chi connectivity index (χ0) is 18.4. The summed E-state index contributed by atoms with van der Waals surface area (Å²) in [5, 5.41) is 0.869. The largest absolute Gasteiger partial charge is 0.466 e. The fraction of sp³-hybridized carbons (Fsp3) is 0.273. The molecule has 0 fully saturated rings. The lowest BCUT2D eigenvalue weighted by Gasteiger charge is -2.05. The molecule has 0 bridgehead atoms. The Kier molecular flexibility index (Phi) is 5.84. The van der Waals surface area contributed by atoms with Crippen LogP contribution in [0, 0.1) is 0 Å². The Hall–Kier alpha value is -2.88. The molecule has 0 atom stereocenters. The molecule has 0 saturated heterocycles. The van der Waals surface area contributed by atoms with Gasteiger partial charge in [0.15, 0.2) is 5.76 Å². The molecule has 0 saturated carbocycles. The topological polar surface area (TPSA) is 56.5 Å². The standard InChI is InChI=1S/C22H22O4/c1-2-3-15-25-20(23)14-13-18-17-11-7-8-12-19(17)26-22(18)21(24)16-9-5-4-6-10-16/h4-12H,2-3,13-15H2,1H3. The summed E-state index contributed by atoms with van der Waals surface area (Å²) in [6.07, 6.45) is 2.48.